The molecule has 0 bridgehead atoms. The Morgan fingerprint density at radius 1 is 1.00 bits per heavy atom. The first kappa shape index (κ1) is 13.1. The Kier molecular flexibility index (Phi) is 7.16. The van der Waals surface area contributed by atoms with Crippen LogP contribution in [0.15, 0.2) is 24.3 Å². The van der Waals surface area contributed by atoms with Crippen molar-refractivity contribution in [1.82, 2.24) is 0 Å². The summed E-state index contributed by atoms with van der Waals surface area (Å²) in [6.07, 6.45) is 5.61. The molecule has 1 heteroatoms. The average Bonchev–Trinajstić information content (AvgIpc) is 2.30. The average molecular weight is 310 g/mol. The van der Waals surface area contributed by atoms with Gasteiger partial charge < -0.3 is 0 Å². The second-order valence-electron chi connectivity index (χ2n) is 4.31. The van der Waals surface area contributed by atoms with E-state index in [1.54, 1.807) is 12.5 Å². The Morgan fingerprint density at radius 3 is 2.00 bits per heavy atom. The van der Waals surface area contributed by atoms with Gasteiger partial charge in [-0.3, -0.25) is 0 Å². The SMILES string of the molecule is CCC[CH2][SnH]([CH2]CCC)[c]1cc[c]cc1. The predicted octanol–water partition coefficient (Wildman–Crippen LogP) is 3.52. The first-order valence-corrected chi connectivity index (χ1v) is 12.6. The van der Waals surface area contributed by atoms with Crippen LogP contribution < -0.4 is 3.58 Å². The predicted molar refractivity (Wildman–Crippen MR) is 71.5 cm³/mol. The molecule has 0 saturated heterocycles. The van der Waals surface area contributed by atoms with Crippen LogP contribution in [0.4, 0.5) is 0 Å². The number of rotatable bonds is 7. The first-order valence-electron chi connectivity index (χ1n) is 6.34. The Labute approximate surface area is 102 Å². The molecule has 0 unspecified atom stereocenters. The maximum absolute atomic E-state index is 3.13. The number of hydrogen-bond donors (Lipinski definition) is 0. The first-order chi connectivity index (χ1) is 7.38. The van der Waals surface area contributed by atoms with E-state index in [0.717, 1.165) is 0 Å². The summed E-state index contributed by atoms with van der Waals surface area (Å²) in [5, 5.41) is 0. The van der Waals surface area contributed by atoms with Crippen molar-refractivity contribution in [3.8, 4) is 0 Å². The maximum atomic E-state index is 3.13. The van der Waals surface area contributed by atoms with E-state index in [9.17, 15) is 0 Å². The third-order valence-corrected chi connectivity index (χ3v) is 13.1. The van der Waals surface area contributed by atoms with E-state index >= 15 is 0 Å². The summed E-state index contributed by atoms with van der Waals surface area (Å²) in [6, 6.07) is 12.0. The van der Waals surface area contributed by atoms with Gasteiger partial charge in [0.05, 0.1) is 0 Å². The Balaban J connectivity index is 2.55. The van der Waals surface area contributed by atoms with E-state index in [2.05, 4.69) is 44.2 Å². The zero-order chi connectivity index (χ0) is 10.9. The fourth-order valence-electron chi connectivity index (χ4n) is 2.05. The molecule has 0 saturated carbocycles. The van der Waals surface area contributed by atoms with Crippen LogP contribution in [0.2, 0.25) is 8.87 Å². The third kappa shape index (κ3) is 5.05. The zero-order valence-corrected chi connectivity index (χ0v) is 13.4. The standard InChI is InChI=1S/C6H4.2C4H9.Sn.H/c1-2-4-6-5-3-1;2*1-3-4-2;;/h1-2,5-6H;2*1,3-4H2,2H3;;. The van der Waals surface area contributed by atoms with E-state index in [-0.39, 0.29) is 0 Å². The molecule has 0 heterocycles. The summed E-state index contributed by atoms with van der Waals surface area (Å²) in [5.74, 6) is 0. The van der Waals surface area contributed by atoms with E-state index in [4.69, 9.17) is 0 Å². The Hall–Kier alpha value is 0.0187. The topological polar surface area (TPSA) is 0 Å². The van der Waals surface area contributed by atoms with Gasteiger partial charge in [-0.1, -0.05) is 0 Å². The van der Waals surface area contributed by atoms with Crippen molar-refractivity contribution in [3.05, 3.63) is 30.3 Å². The fourth-order valence-corrected chi connectivity index (χ4v) is 12.0. The molecule has 0 aromatic heterocycles. The summed E-state index contributed by atoms with van der Waals surface area (Å²) in [7, 11) is 0. The quantitative estimate of drug-likeness (QED) is 0.676. The molecule has 0 N–H and O–H groups in total. The van der Waals surface area contributed by atoms with Gasteiger partial charge in [0.15, 0.2) is 0 Å². The van der Waals surface area contributed by atoms with Crippen LogP contribution in [0.5, 0.6) is 0 Å². The van der Waals surface area contributed by atoms with Crippen LogP contribution in [0, 0.1) is 6.07 Å². The molecule has 0 nitrogen and oxygen atoms in total. The van der Waals surface area contributed by atoms with Gasteiger partial charge in [0.25, 0.3) is 0 Å². The van der Waals surface area contributed by atoms with Gasteiger partial charge in [0.2, 0.25) is 0 Å². The van der Waals surface area contributed by atoms with Crippen molar-refractivity contribution in [3.63, 3.8) is 0 Å². The molecule has 0 aliphatic carbocycles. The van der Waals surface area contributed by atoms with Gasteiger partial charge in [0, 0.05) is 0 Å². The minimum atomic E-state index is -1.38. The van der Waals surface area contributed by atoms with Crippen LogP contribution in [0.25, 0.3) is 0 Å². The van der Waals surface area contributed by atoms with Gasteiger partial charge in [-0.15, -0.1) is 0 Å². The molecule has 83 valence electrons. The normalized spacial score (nSPS) is 10.9. The van der Waals surface area contributed by atoms with Crippen molar-refractivity contribution < 1.29 is 0 Å². The molecule has 0 atom stereocenters. The molecule has 0 fully saturated rings. The van der Waals surface area contributed by atoms with Crippen LogP contribution in [-0.4, -0.2) is 19.8 Å². The molecule has 0 amide bonds. The zero-order valence-electron chi connectivity index (χ0n) is 10.1. The second-order valence-corrected chi connectivity index (χ2v) is 13.5. The Morgan fingerprint density at radius 2 is 1.53 bits per heavy atom. The van der Waals surface area contributed by atoms with E-state index in [1.165, 1.54) is 25.7 Å². The van der Waals surface area contributed by atoms with Crippen molar-refractivity contribution in [2.45, 2.75) is 48.4 Å². The van der Waals surface area contributed by atoms with Crippen molar-refractivity contribution >= 4 is 23.3 Å². The van der Waals surface area contributed by atoms with Crippen molar-refractivity contribution in [2.75, 3.05) is 0 Å². The summed E-state index contributed by atoms with van der Waals surface area (Å²) in [6.45, 7) is 4.61. The molecule has 1 aromatic rings. The third-order valence-electron chi connectivity index (χ3n) is 3.03. The van der Waals surface area contributed by atoms with E-state index < -0.39 is 19.8 Å². The molecule has 1 rings (SSSR count). The number of benzene rings is 1. The molecule has 1 radical (unpaired) electrons. The summed E-state index contributed by atoms with van der Waals surface area (Å²) < 4.78 is 4.84. The molecule has 0 aliphatic rings. The second kappa shape index (κ2) is 8.20. The van der Waals surface area contributed by atoms with Crippen LogP contribution in [-0.2, 0) is 0 Å². The summed E-state index contributed by atoms with van der Waals surface area (Å²) >= 11 is -1.38. The molecular weight excluding hydrogens is 287 g/mol. The van der Waals surface area contributed by atoms with Crippen molar-refractivity contribution in [1.29, 1.82) is 0 Å². The van der Waals surface area contributed by atoms with Crippen LogP contribution >= 0.6 is 0 Å². The number of hydrogen-bond acceptors (Lipinski definition) is 0. The number of unbranched alkanes of at least 4 members (excludes halogenated alkanes) is 2. The molecule has 0 spiro atoms. The van der Waals surface area contributed by atoms with Gasteiger partial charge >= 0.3 is 102 Å². The van der Waals surface area contributed by atoms with E-state index in [0.29, 0.717) is 0 Å². The summed E-state index contributed by atoms with van der Waals surface area (Å²) in [5.41, 5.74) is 0. The molecule has 1 aromatic carbocycles. The van der Waals surface area contributed by atoms with Gasteiger partial charge in [0.1, 0.15) is 0 Å². The van der Waals surface area contributed by atoms with Crippen LogP contribution in [0.1, 0.15) is 39.5 Å². The van der Waals surface area contributed by atoms with Gasteiger partial charge in [-0.05, 0) is 0 Å². The summed E-state index contributed by atoms with van der Waals surface area (Å²) in [4.78, 5) is 0. The Bertz CT molecular complexity index is 235. The van der Waals surface area contributed by atoms with Gasteiger partial charge in [-0.25, -0.2) is 0 Å². The van der Waals surface area contributed by atoms with E-state index in [1.807, 2.05) is 0 Å². The fraction of sp³-hybridized carbons (Fsp3) is 0.571. The minimum absolute atomic E-state index is 1.36. The molecule has 0 aliphatic heterocycles. The van der Waals surface area contributed by atoms with Crippen LogP contribution in [0.3, 0.4) is 0 Å². The monoisotopic (exact) mass is 311 g/mol. The van der Waals surface area contributed by atoms with Gasteiger partial charge in [-0.2, -0.15) is 0 Å². The molecule has 15 heavy (non-hydrogen) atoms. The molecular formula is C14H23Sn. The van der Waals surface area contributed by atoms with Crippen molar-refractivity contribution in [2.24, 2.45) is 0 Å².